The highest BCUT2D eigenvalue weighted by Crippen LogP contribution is 2.26. The predicted octanol–water partition coefficient (Wildman–Crippen LogP) is 0.816. The van der Waals surface area contributed by atoms with Crippen molar-refractivity contribution in [1.82, 2.24) is 15.1 Å². The SMILES string of the molecule is CCNCc1c(C)nn(C)c1N1CCC(OCCO)CC1. The van der Waals surface area contributed by atoms with Gasteiger partial charge in [0.2, 0.25) is 0 Å². The van der Waals surface area contributed by atoms with Crippen LogP contribution in [-0.2, 0) is 18.3 Å². The zero-order chi connectivity index (χ0) is 15.2. The van der Waals surface area contributed by atoms with Gasteiger partial charge < -0.3 is 20.1 Å². The second kappa shape index (κ2) is 7.77. The van der Waals surface area contributed by atoms with Crippen LogP contribution in [0.1, 0.15) is 31.0 Å². The van der Waals surface area contributed by atoms with E-state index in [-0.39, 0.29) is 12.7 Å². The average molecular weight is 296 g/mol. The molecule has 0 atom stereocenters. The van der Waals surface area contributed by atoms with E-state index in [1.807, 2.05) is 11.7 Å². The van der Waals surface area contributed by atoms with E-state index < -0.39 is 0 Å². The molecule has 0 bridgehead atoms. The van der Waals surface area contributed by atoms with Gasteiger partial charge in [-0.1, -0.05) is 6.92 Å². The molecule has 2 heterocycles. The van der Waals surface area contributed by atoms with E-state index in [1.165, 1.54) is 11.4 Å². The van der Waals surface area contributed by atoms with Gasteiger partial charge in [0.1, 0.15) is 5.82 Å². The molecule has 0 aliphatic carbocycles. The number of aryl methyl sites for hydroxylation is 2. The van der Waals surface area contributed by atoms with E-state index in [0.29, 0.717) is 6.61 Å². The van der Waals surface area contributed by atoms with Crippen LogP contribution in [0.25, 0.3) is 0 Å². The van der Waals surface area contributed by atoms with Gasteiger partial charge in [-0.05, 0) is 26.3 Å². The molecule has 21 heavy (non-hydrogen) atoms. The predicted molar refractivity (Wildman–Crippen MR) is 83.6 cm³/mol. The van der Waals surface area contributed by atoms with Gasteiger partial charge in [0.15, 0.2) is 0 Å². The Morgan fingerprint density at radius 3 is 2.71 bits per heavy atom. The molecule has 0 spiro atoms. The average Bonchev–Trinajstić information content (AvgIpc) is 2.77. The summed E-state index contributed by atoms with van der Waals surface area (Å²) < 4.78 is 7.63. The van der Waals surface area contributed by atoms with Gasteiger partial charge in [0, 0.05) is 32.2 Å². The molecule has 0 unspecified atom stereocenters. The van der Waals surface area contributed by atoms with Crippen molar-refractivity contribution in [1.29, 1.82) is 0 Å². The van der Waals surface area contributed by atoms with Gasteiger partial charge >= 0.3 is 0 Å². The summed E-state index contributed by atoms with van der Waals surface area (Å²) in [6.07, 6.45) is 2.29. The van der Waals surface area contributed by atoms with Crippen LogP contribution in [0.4, 0.5) is 5.82 Å². The molecule has 2 N–H and O–H groups in total. The van der Waals surface area contributed by atoms with Crippen LogP contribution in [-0.4, -0.2) is 53.8 Å². The van der Waals surface area contributed by atoms with Crippen molar-refractivity contribution < 1.29 is 9.84 Å². The molecule has 1 aliphatic rings. The van der Waals surface area contributed by atoms with Crippen molar-refractivity contribution >= 4 is 5.82 Å². The van der Waals surface area contributed by atoms with E-state index >= 15 is 0 Å². The van der Waals surface area contributed by atoms with Crippen molar-refractivity contribution in [2.75, 3.05) is 37.7 Å². The van der Waals surface area contributed by atoms with Crippen LogP contribution in [0.5, 0.6) is 0 Å². The molecule has 1 fully saturated rings. The molecular weight excluding hydrogens is 268 g/mol. The number of ether oxygens (including phenoxy) is 1. The van der Waals surface area contributed by atoms with Gasteiger partial charge in [0.25, 0.3) is 0 Å². The summed E-state index contributed by atoms with van der Waals surface area (Å²) in [6.45, 7) is 8.54. The number of hydrogen-bond donors (Lipinski definition) is 2. The third kappa shape index (κ3) is 3.96. The van der Waals surface area contributed by atoms with E-state index in [0.717, 1.165) is 44.7 Å². The van der Waals surface area contributed by atoms with Crippen LogP contribution in [0, 0.1) is 6.92 Å². The lowest BCUT2D eigenvalue weighted by atomic mass is 10.1. The molecule has 0 amide bonds. The summed E-state index contributed by atoms with van der Waals surface area (Å²) in [4.78, 5) is 2.41. The Bertz CT molecular complexity index is 439. The minimum absolute atomic E-state index is 0.105. The summed E-state index contributed by atoms with van der Waals surface area (Å²) in [5, 5.41) is 16.8. The van der Waals surface area contributed by atoms with Gasteiger partial charge in [-0.2, -0.15) is 5.10 Å². The standard InChI is InChI=1S/C15H28N4O2/c1-4-16-11-14-12(2)17-18(3)15(14)19-7-5-13(6-8-19)21-10-9-20/h13,16,20H,4-11H2,1-3H3. The molecule has 0 radical (unpaired) electrons. The minimum atomic E-state index is 0.105. The molecule has 0 saturated carbocycles. The van der Waals surface area contributed by atoms with Crippen LogP contribution < -0.4 is 10.2 Å². The largest absolute Gasteiger partial charge is 0.394 e. The number of anilines is 1. The highest BCUT2D eigenvalue weighted by Gasteiger charge is 2.24. The Kier molecular flexibility index (Phi) is 6.02. The second-order valence-electron chi connectivity index (χ2n) is 5.57. The molecule has 2 rings (SSSR count). The molecule has 6 heteroatoms. The van der Waals surface area contributed by atoms with Crippen molar-refractivity contribution in [2.24, 2.45) is 7.05 Å². The number of nitrogens with one attached hydrogen (secondary N) is 1. The normalized spacial score (nSPS) is 16.7. The van der Waals surface area contributed by atoms with Crippen molar-refractivity contribution in [3.8, 4) is 0 Å². The minimum Gasteiger partial charge on any atom is -0.394 e. The Labute approximate surface area is 127 Å². The van der Waals surface area contributed by atoms with Crippen LogP contribution in [0.3, 0.4) is 0 Å². The quantitative estimate of drug-likeness (QED) is 0.780. The summed E-state index contributed by atoms with van der Waals surface area (Å²) in [5.74, 6) is 1.23. The van der Waals surface area contributed by atoms with Gasteiger partial charge in [-0.25, -0.2) is 0 Å². The summed E-state index contributed by atoms with van der Waals surface area (Å²) in [5.41, 5.74) is 2.40. The Hall–Kier alpha value is -1.11. The fourth-order valence-corrected chi connectivity index (χ4v) is 3.00. The maximum absolute atomic E-state index is 8.83. The van der Waals surface area contributed by atoms with Crippen LogP contribution in [0.2, 0.25) is 0 Å². The second-order valence-corrected chi connectivity index (χ2v) is 5.57. The molecule has 1 aliphatic heterocycles. The van der Waals surface area contributed by atoms with Gasteiger partial charge in [-0.15, -0.1) is 0 Å². The highest BCUT2D eigenvalue weighted by molar-refractivity contribution is 5.50. The lowest BCUT2D eigenvalue weighted by Gasteiger charge is -2.34. The number of rotatable bonds is 7. The first-order chi connectivity index (χ1) is 10.2. The Morgan fingerprint density at radius 2 is 2.10 bits per heavy atom. The maximum atomic E-state index is 8.83. The van der Waals surface area contributed by atoms with E-state index in [9.17, 15) is 0 Å². The first-order valence-electron chi connectivity index (χ1n) is 7.88. The Balaban J connectivity index is 2.02. The van der Waals surface area contributed by atoms with E-state index in [2.05, 4.69) is 29.2 Å². The lowest BCUT2D eigenvalue weighted by Crippen LogP contribution is -2.39. The molecule has 0 aromatic carbocycles. The molecule has 120 valence electrons. The Morgan fingerprint density at radius 1 is 1.38 bits per heavy atom. The fraction of sp³-hybridized carbons (Fsp3) is 0.800. The van der Waals surface area contributed by atoms with Gasteiger partial charge in [-0.3, -0.25) is 4.68 Å². The third-order valence-electron chi connectivity index (χ3n) is 4.05. The highest BCUT2D eigenvalue weighted by atomic mass is 16.5. The van der Waals surface area contributed by atoms with Crippen LogP contribution in [0.15, 0.2) is 0 Å². The zero-order valence-electron chi connectivity index (χ0n) is 13.4. The smallest absolute Gasteiger partial charge is 0.131 e. The number of piperidine rings is 1. The molecule has 1 aromatic heterocycles. The van der Waals surface area contributed by atoms with Gasteiger partial charge in [0.05, 0.1) is 25.0 Å². The third-order valence-corrected chi connectivity index (χ3v) is 4.05. The topological polar surface area (TPSA) is 62.6 Å². The number of aliphatic hydroxyl groups excluding tert-OH is 1. The molecular formula is C15H28N4O2. The first kappa shape index (κ1) is 16.3. The fourth-order valence-electron chi connectivity index (χ4n) is 3.00. The molecule has 1 saturated heterocycles. The summed E-state index contributed by atoms with van der Waals surface area (Å²) >= 11 is 0. The van der Waals surface area contributed by atoms with E-state index in [4.69, 9.17) is 9.84 Å². The monoisotopic (exact) mass is 296 g/mol. The molecule has 6 nitrogen and oxygen atoms in total. The summed E-state index contributed by atoms with van der Waals surface area (Å²) in [7, 11) is 2.02. The number of hydrogen-bond acceptors (Lipinski definition) is 5. The number of aliphatic hydroxyl groups is 1. The first-order valence-corrected chi connectivity index (χ1v) is 7.88. The van der Waals surface area contributed by atoms with E-state index in [1.54, 1.807) is 0 Å². The number of aromatic nitrogens is 2. The van der Waals surface area contributed by atoms with Crippen LogP contribution >= 0.6 is 0 Å². The molecule has 1 aromatic rings. The van der Waals surface area contributed by atoms with Crippen molar-refractivity contribution in [2.45, 2.75) is 39.3 Å². The lowest BCUT2D eigenvalue weighted by molar-refractivity contribution is 0.0157. The maximum Gasteiger partial charge on any atom is 0.131 e. The van der Waals surface area contributed by atoms with Crippen molar-refractivity contribution in [3.05, 3.63) is 11.3 Å². The summed E-state index contributed by atoms with van der Waals surface area (Å²) in [6, 6.07) is 0. The number of nitrogens with zero attached hydrogens (tertiary/aromatic N) is 3. The van der Waals surface area contributed by atoms with Crippen molar-refractivity contribution in [3.63, 3.8) is 0 Å². The zero-order valence-corrected chi connectivity index (χ0v) is 13.4.